The molecule has 0 bridgehead atoms. The van der Waals surface area contributed by atoms with Gasteiger partial charge in [0.05, 0.1) is 11.6 Å². The highest BCUT2D eigenvalue weighted by Gasteiger charge is 2.11. The predicted molar refractivity (Wildman–Crippen MR) is 64.3 cm³/mol. The van der Waals surface area contributed by atoms with Crippen LogP contribution in [-0.4, -0.2) is 15.0 Å². The summed E-state index contributed by atoms with van der Waals surface area (Å²) in [5.41, 5.74) is 1.41. The van der Waals surface area contributed by atoms with Crippen molar-refractivity contribution in [1.82, 2.24) is 15.0 Å². The standard InChI is InChI=1S/C12H13N5/c1-8-3-4-10(7-13)12(16-8)17-9(2)11-14-5-6-15-11/h3-6,9H,1-2H3,(H,14,15)(H,16,17). The van der Waals surface area contributed by atoms with E-state index in [2.05, 4.69) is 26.3 Å². The molecule has 2 aromatic heterocycles. The van der Waals surface area contributed by atoms with Crippen LogP contribution in [0, 0.1) is 18.3 Å². The number of aryl methyl sites for hydroxylation is 1. The second-order valence-corrected chi connectivity index (χ2v) is 3.80. The van der Waals surface area contributed by atoms with Crippen LogP contribution in [0.2, 0.25) is 0 Å². The number of pyridine rings is 1. The van der Waals surface area contributed by atoms with Crippen molar-refractivity contribution < 1.29 is 0 Å². The number of hydrogen-bond donors (Lipinski definition) is 2. The quantitative estimate of drug-likeness (QED) is 0.842. The average Bonchev–Trinajstić information content (AvgIpc) is 2.83. The molecule has 0 aromatic carbocycles. The summed E-state index contributed by atoms with van der Waals surface area (Å²) in [5, 5.41) is 12.2. The fourth-order valence-electron chi connectivity index (χ4n) is 1.54. The molecule has 17 heavy (non-hydrogen) atoms. The van der Waals surface area contributed by atoms with Gasteiger partial charge in [0.15, 0.2) is 0 Å². The van der Waals surface area contributed by atoms with Gasteiger partial charge in [0.25, 0.3) is 0 Å². The Hall–Kier alpha value is -2.35. The summed E-state index contributed by atoms with van der Waals surface area (Å²) in [6, 6.07) is 5.68. The Bertz CT molecular complexity index is 539. The van der Waals surface area contributed by atoms with Gasteiger partial charge in [-0.3, -0.25) is 0 Å². The van der Waals surface area contributed by atoms with Crippen LogP contribution in [0.3, 0.4) is 0 Å². The van der Waals surface area contributed by atoms with Gasteiger partial charge in [-0.2, -0.15) is 5.26 Å². The van der Waals surface area contributed by atoms with Gasteiger partial charge in [0.1, 0.15) is 17.7 Å². The van der Waals surface area contributed by atoms with Gasteiger partial charge < -0.3 is 10.3 Å². The van der Waals surface area contributed by atoms with E-state index >= 15 is 0 Å². The zero-order valence-electron chi connectivity index (χ0n) is 9.73. The summed E-state index contributed by atoms with van der Waals surface area (Å²) in [4.78, 5) is 11.5. The van der Waals surface area contributed by atoms with Crippen LogP contribution in [0.4, 0.5) is 5.82 Å². The van der Waals surface area contributed by atoms with Crippen LogP contribution in [0.25, 0.3) is 0 Å². The zero-order chi connectivity index (χ0) is 12.3. The van der Waals surface area contributed by atoms with E-state index in [4.69, 9.17) is 5.26 Å². The Kier molecular flexibility index (Phi) is 3.06. The normalized spacial score (nSPS) is 11.8. The summed E-state index contributed by atoms with van der Waals surface area (Å²) < 4.78 is 0. The van der Waals surface area contributed by atoms with E-state index < -0.39 is 0 Å². The Morgan fingerprint density at radius 1 is 1.47 bits per heavy atom. The average molecular weight is 227 g/mol. The van der Waals surface area contributed by atoms with Crippen LogP contribution in [-0.2, 0) is 0 Å². The summed E-state index contributed by atoms with van der Waals surface area (Å²) >= 11 is 0. The molecular formula is C12H13N5. The minimum absolute atomic E-state index is 0.0219. The number of anilines is 1. The fourth-order valence-corrected chi connectivity index (χ4v) is 1.54. The van der Waals surface area contributed by atoms with Crippen molar-refractivity contribution in [3.8, 4) is 6.07 Å². The maximum atomic E-state index is 9.00. The van der Waals surface area contributed by atoms with Crippen molar-refractivity contribution in [3.05, 3.63) is 41.6 Å². The molecule has 2 rings (SSSR count). The molecule has 1 unspecified atom stereocenters. The molecule has 0 saturated heterocycles. The maximum absolute atomic E-state index is 9.00. The second-order valence-electron chi connectivity index (χ2n) is 3.80. The molecule has 2 N–H and O–H groups in total. The Morgan fingerprint density at radius 3 is 2.94 bits per heavy atom. The number of rotatable bonds is 3. The first-order valence-electron chi connectivity index (χ1n) is 5.34. The van der Waals surface area contributed by atoms with Crippen LogP contribution in [0.15, 0.2) is 24.5 Å². The van der Waals surface area contributed by atoms with Gasteiger partial charge in [0.2, 0.25) is 0 Å². The third-order valence-electron chi connectivity index (χ3n) is 2.44. The molecule has 1 atom stereocenters. The molecule has 5 nitrogen and oxygen atoms in total. The topological polar surface area (TPSA) is 77.4 Å². The van der Waals surface area contributed by atoms with E-state index in [1.54, 1.807) is 18.5 Å². The van der Waals surface area contributed by atoms with E-state index in [0.717, 1.165) is 11.5 Å². The summed E-state index contributed by atoms with van der Waals surface area (Å²) in [6.07, 6.45) is 3.46. The van der Waals surface area contributed by atoms with Crippen molar-refractivity contribution >= 4 is 5.82 Å². The lowest BCUT2D eigenvalue weighted by atomic mass is 10.2. The van der Waals surface area contributed by atoms with Crippen molar-refractivity contribution in [2.45, 2.75) is 19.9 Å². The largest absolute Gasteiger partial charge is 0.359 e. The Labute approximate surface area is 99.5 Å². The van der Waals surface area contributed by atoms with E-state index in [-0.39, 0.29) is 6.04 Å². The lowest BCUT2D eigenvalue weighted by Gasteiger charge is -2.13. The molecule has 0 aliphatic heterocycles. The third kappa shape index (κ3) is 2.42. The third-order valence-corrected chi connectivity index (χ3v) is 2.44. The second kappa shape index (κ2) is 4.66. The van der Waals surface area contributed by atoms with Crippen LogP contribution in [0.5, 0.6) is 0 Å². The van der Waals surface area contributed by atoms with Gasteiger partial charge in [-0.1, -0.05) is 0 Å². The first-order valence-corrected chi connectivity index (χ1v) is 5.34. The molecular weight excluding hydrogens is 214 g/mol. The number of hydrogen-bond acceptors (Lipinski definition) is 4. The molecule has 0 saturated carbocycles. The first-order chi connectivity index (χ1) is 8.20. The molecule has 0 spiro atoms. The minimum atomic E-state index is -0.0219. The fraction of sp³-hybridized carbons (Fsp3) is 0.250. The molecule has 0 aliphatic rings. The minimum Gasteiger partial charge on any atom is -0.359 e. The SMILES string of the molecule is Cc1ccc(C#N)c(NC(C)c2ncc[nH]2)n1. The summed E-state index contributed by atoms with van der Waals surface area (Å²) in [7, 11) is 0. The van der Waals surface area contributed by atoms with Gasteiger partial charge in [-0.25, -0.2) is 9.97 Å². The summed E-state index contributed by atoms with van der Waals surface area (Å²) in [6.45, 7) is 3.86. The Morgan fingerprint density at radius 2 is 2.29 bits per heavy atom. The number of nitriles is 1. The number of nitrogens with one attached hydrogen (secondary N) is 2. The van der Waals surface area contributed by atoms with Crippen molar-refractivity contribution in [3.63, 3.8) is 0 Å². The van der Waals surface area contributed by atoms with Crippen LogP contribution in [0.1, 0.15) is 30.0 Å². The first kappa shape index (κ1) is 11.1. The van der Waals surface area contributed by atoms with Crippen LogP contribution >= 0.6 is 0 Å². The maximum Gasteiger partial charge on any atom is 0.144 e. The number of aromatic nitrogens is 3. The lowest BCUT2D eigenvalue weighted by Crippen LogP contribution is -2.11. The number of aromatic amines is 1. The summed E-state index contributed by atoms with van der Waals surface area (Å²) in [5.74, 6) is 1.41. The highest BCUT2D eigenvalue weighted by Crippen LogP contribution is 2.18. The number of nitrogens with zero attached hydrogens (tertiary/aromatic N) is 3. The molecule has 5 heteroatoms. The van der Waals surface area contributed by atoms with E-state index in [1.165, 1.54) is 0 Å². The molecule has 2 aromatic rings. The van der Waals surface area contributed by atoms with Gasteiger partial charge in [-0.15, -0.1) is 0 Å². The van der Waals surface area contributed by atoms with Crippen molar-refractivity contribution in [1.29, 1.82) is 5.26 Å². The number of imidazole rings is 1. The van der Waals surface area contributed by atoms with E-state index in [0.29, 0.717) is 11.4 Å². The lowest BCUT2D eigenvalue weighted by molar-refractivity contribution is 0.802. The molecule has 0 fully saturated rings. The van der Waals surface area contributed by atoms with Gasteiger partial charge >= 0.3 is 0 Å². The van der Waals surface area contributed by atoms with Crippen LogP contribution < -0.4 is 5.32 Å². The predicted octanol–water partition coefficient (Wildman–Crippen LogP) is 2.16. The molecule has 2 heterocycles. The smallest absolute Gasteiger partial charge is 0.144 e. The molecule has 0 radical (unpaired) electrons. The monoisotopic (exact) mass is 227 g/mol. The van der Waals surface area contributed by atoms with Gasteiger partial charge in [0, 0.05) is 18.1 Å². The van der Waals surface area contributed by atoms with E-state index in [1.807, 2.05) is 19.9 Å². The molecule has 86 valence electrons. The molecule has 0 aliphatic carbocycles. The zero-order valence-corrected chi connectivity index (χ0v) is 9.73. The Balaban J connectivity index is 2.24. The highest BCUT2D eigenvalue weighted by molar-refractivity contribution is 5.52. The van der Waals surface area contributed by atoms with Gasteiger partial charge in [-0.05, 0) is 26.0 Å². The number of H-pyrrole nitrogens is 1. The van der Waals surface area contributed by atoms with E-state index in [9.17, 15) is 0 Å². The highest BCUT2D eigenvalue weighted by atomic mass is 15.1. The van der Waals surface area contributed by atoms with Crippen molar-refractivity contribution in [2.24, 2.45) is 0 Å². The molecule has 0 amide bonds. The van der Waals surface area contributed by atoms with Crippen molar-refractivity contribution in [2.75, 3.05) is 5.32 Å².